The van der Waals surface area contributed by atoms with Crippen LogP contribution in [0.1, 0.15) is 41.6 Å². The molecule has 116 valence electrons. The van der Waals surface area contributed by atoms with Crippen molar-refractivity contribution in [1.82, 2.24) is 4.90 Å². The normalized spacial score (nSPS) is 15.5. The fourth-order valence-corrected chi connectivity index (χ4v) is 3.54. The van der Waals surface area contributed by atoms with E-state index in [1.165, 1.54) is 18.4 Å². The van der Waals surface area contributed by atoms with Crippen LogP contribution in [0, 0.1) is 5.41 Å². The largest absolute Gasteiger partial charge is 0.465 e. The van der Waals surface area contributed by atoms with Crippen molar-refractivity contribution < 1.29 is 14.3 Å². The number of hydrogen-bond acceptors (Lipinski definition) is 5. The fraction of sp³-hybridized carbons (Fsp3) is 0.600. The number of nitrogens with zero attached hydrogens (tertiary/aromatic N) is 1. The summed E-state index contributed by atoms with van der Waals surface area (Å²) >= 11 is 1.48. The van der Waals surface area contributed by atoms with Gasteiger partial charge in [0, 0.05) is 23.4 Å². The molecule has 0 saturated carbocycles. The highest BCUT2D eigenvalue weighted by Gasteiger charge is 2.30. The third-order valence-corrected chi connectivity index (χ3v) is 4.68. The summed E-state index contributed by atoms with van der Waals surface area (Å²) in [6.07, 6.45) is 0.804. The molecule has 1 aromatic rings. The Morgan fingerprint density at radius 2 is 2.00 bits per heavy atom. The molecule has 1 aliphatic rings. The molecule has 6 heteroatoms. The summed E-state index contributed by atoms with van der Waals surface area (Å²) in [6, 6.07) is 0. The van der Waals surface area contributed by atoms with E-state index >= 15 is 0 Å². The van der Waals surface area contributed by atoms with Gasteiger partial charge in [0.2, 0.25) is 5.91 Å². The van der Waals surface area contributed by atoms with E-state index in [1.807, 2.05) is 27.8 Å². The molecule has 1 amide bonds. The summed E-state index contributed by atoms with van der Waals surface area (Å²) in [5.74, 6) is -0.471. The molecule has 0 radical (unpaired) electrons. The average molecular weight is 310 g/mol. The minimum atomic E-state index is -0.505. The first kappa shape index (κ1) is 16.0. The zero-order valence-electron chi connectivity index (χ0n) is 13.2. The number of amides is 1. The number of methoxy groups -OCH3 is 1. The number of ether oxygens (including phenoxy) is 1. The molecule has 1 aromatic heterocycles. The van der Waals surface area contributed by atoms with Crippen LogP contribution in [0.15, 0.2) is 0 Å². The smallest absolute Gasteiger partial charge is 0.341 e. The topological polar surface area (TPSA) is 58.6 Å². The third kappa shape index (κ3) is 3.27. The highest BCUT2D eigenvalue weighted by Crippen LogP contribution is 2.38. The van der Waals surface area contributed by atoms with E-state index in [2.05, 4.69) is 10.2 Å². The predicted octanol–water partition coefficient (Wildman–Crippen LogP) is 2.51. The number of esters is 1. The van der Waals surface area contributed by atoms with Crippen LogP contribution < -0.4 is 5.32 Å². The molecule has 2 heterocycles. The van der Waals surface area contributed by atoms with Gasteiger partial charge in [0.25, 0.3) is 0 Å². The van der Waals surface area contributed by atoms with Crippen LogP contribution in [0.5, 0.6) is 0 Å². The Morgan fingerprint density at radius 3 is 2.57 bits per heavy atom. The van der Waals surface area contributed by atoms with Crippen molar-refractivity contribution >= 4 is 28.2 Å². The maximum atomic E-state index is 12.2. The molecule has 0 atom stereocenters. The van der Waals surface area contributed by atoms with E-state index in [-0.39, 0.29) is 11.9 Å². The molecule has 0 unspecified atom stereocenters. The van der Waals surface area contributed by atoms with Crippen LogP contribution in [0.2, 0.25) is 0 Å². The lowest BCUT2D eigenvalue weighted by Gasteiger charge is -2.22. The zero-order valence-corrected chi connectivity index (χ0v) is 14.0. The summed E-state index contributed by atoms with van der Waals surface area (Å²) < 4.78 is 4.90. The van der Waals surface area contributed by atoms with E-state index in [9.17, 15) is 9.59 Å². The van der Waals surface area contributed by atoms with E-state index in [1.54, 1.807) is 0 Å². The van der Waals surface area contributed by atoms with Gasteiger partial charge in [-0.25, -0.2) is 4.79 Å². The van der Waals surface area contributed by atoms with Crippen LogP contribution >= 0.6 is 11.3 Å². The first-order valence-corrected chi connectivity index (χ1v) is 7.78. The minimum Gasteiger partial charge on any atom is -0.465 e. The second kappa shape index (κ2) is 5.77. The van der Waals surface area contributed by atoms with Crippen LogP contribution in [-0.4, -0.2) is 37.5 Å². The fourth-order valence-electron chi connectivity index (χ4n) is 2.23. The number of likely N-dealkylation sites (N-methyl/N-ethyl adjacent to an activating group) is 1. The number of anilines is 1. The zero-order chi connectivity index (χ0) is 15.8. The molecule has 1 aliphatic heterocycles. The van der Waals surface area contributed by atoms with Crippen LogP contribution in [0.25, 0.3) is 0 Å². The van der Waals surface area contributed by atoms with Crippen LogP contribution in [0.3, 0.4) is 0 Å². The highest BCUT2D eigenvalue weighted by molar-refractivity contribution is 7.17. The first-order chi connectivity index (χ1) is 9.74. The number of nitrogens with one attached hydrogen (secondary N) is 1. The van der Waals surface area contributed by atoms with Crippen LogP contribution in [-0.2, 0) is 22.5 Å². The van der Waals surface area contributed by atoms with E-state index in [0.717, 1.165) is 30.0 Å². The van der Waals surface area contributed by atoms with Crippen LogP contribution in [0.4, 0.5) is 5.00 Å². The Labute approximate surface area is 129 Å². The summed E-state index contributed by atoms with van der Waals surface area (Å²) in [6.45, 7) is 7.25. The summed E-state index contributed by atoms with van der Waals surface area (Å²) in [5.41, 5.74) is 1.05. The van der Waals surface area contributed by atoms with Crippen molar-refractivity contribution in [3.63, 3.8) is 0 Å². The molecule has 0 aromatic carbocycles. The van der Waals surface area contributed by atoms with Crippen molar-refractivity contribution in [2.75, 3.05) is 26.0 Å². The number of hydrogen-bond donors (Lipinski definition) is 1. The molecule has 21 heavy (non-hydrogen) atoms. The maximum Gasteiger partial charge on any atom is 0.341 e. The van der Waals surface area contributed by atoms with Gasteiger partial charge in [0.15, 0.2) is 0 Å². The minimum absolute atomic E-state index is 0.0976. The highest BCUT2D eigenvalue weighted by atomic mass is 32.1. The van der Waals surface area contributed by atoms with Gasteiger partial charge >= 0.3 is 5.97 Å². The predicted molar refractivity (Wildman–Crippen MR) is 83.8 cm³/mol. The molecule has 0 fully saturated rings. The van der Waals surface area contributed by atoms with E-state index in [0.29, 0.717) is 10.6 Å². The molecular weight excluding hydrogens is 288 g/mol. The van der Waals surface area contributed by atoms with Crippen molar-refractivity contribution in [2.45, 2.75) is 33.7 Å². The van der Waals surface area contributed by atoms with Gasteiger partial charge in [0.1, 0.15) is 5.00 Å². The van der Waals surface area contributed by atoms with Crippen molar-refractivity contribution in [1.29, 1.82) is 0 Å². The molecule has 0 spiro atoms. The molecule has 0 saturated heterocycles. The van der Waals surface area contributed by atoms with Gasteiger partial charge in [-0.1, -0.05) is 20.8 Å². The van der Waals surface area contributed by atoms with E-state index < -0.39 is 5.41 Å². The van der Waals surface area contributed by atoms with Crippen molar-refractivity contribution in [2.24, 2.45) is 5.41 Å². The first-order valence-electron chi connectivity index (χ1n) is 6.97. The Hall–Kier alpha value is -1.40. The average Bonchev–Trinajstić information content (AvgIpc) is 2.73. The summed E-state index contributed by atoms with van der Waals surface area (Å²) in [7, 11) is 3.42. The number of carbonyl (C=O) groups is 2. The molecule has 0 aliphatic carbocycles. The van der Waals surface area contributed by atoms with Gasteiger partial charge in [-0.05, 0) is 19.0 Å². The Morgan fingerprint density at radius 1 is 1.33 bits per heavy atom. The second-order valence-electron chi connectivity index (χ2n) is 6.39. The van der Waals surface area contributed by atoms with Gasteiger partial charge in [0.05, 0.1) is 12.7 Å². The lowest BCUT2D eigenvalue weighted by atomic mass is 9.95. The van der Waals surface area contributed by atoms with Gasteiger partial charge in [-0.15, -0.1) is 11.3 Å². The number of thiophene rings is 1. The molecule has 1 N–H and O–H groups in total. The molecule has 0 bridgehead atoms. The van der Waals surface area contributed by atoms with Gasteiger partial charge in [-0.2, -0.15) is 0 Å². The monoisotopic (exact) mass is 310 g/mol. The summed E-state index contributed by atoms with van der Waals surface area (Å²) in [4.78, 5) is 27.6. The molecule has 5 nitrogen and oxygen atoms in total. The summed E-state index contributed by atoms with van der Waals surface area (Å²) in [5, 5.41) is 3.51. The standard InChI is InChI=1S/C15H22N2O3S/c1-15(2,3)14(19)16-12-11(13(18)20-5)9-6-7-17(4)8-10(9)21-12/h6-8H2,1-5H3,(H,16,19). The Balaban J connectivity index is 2.41. The number of fused-ring (bicyclic) bond motifs is 1. The molecule has 2 rings (SSSR count). The van der Waals surface area contributed by atoms with Gasteiger partial charge in [-0.3, -0.25) is 4.79 Å². The number of rotatable bonds is 2. The van der Waals surface area contributed by atoms with E-state index in [4.69, 9.17) is 4.74 Å². The van der Waals surface area contributed by atoms with Gasteiger partial charge < -0.3 is 15.0 Å². The van der Waals surface area contributed by atoms with Crippen molar-refractivity contribution in [3.8, 4) is 0 Å². The third-order valence-electron chi connectivity index (χ3n) is 3.55. The lowest BCUT2D eigenvalue weighted by molar-refractivity contribution is -0.123. The molecular formula is C15H22N2O3S. The quantitative estimate of drug-likeness (QED) is 0.853. The SMILES string of the molecule is COC(=O)c1c(NC(=O)C(C)(C)C)sc2c1CCN(C)C2. The lowest BCUT2D eigenvalue weighted by Crippen LogP contribution is -2.28. The maximum absolute atomic E-state index is 12.2. The van der Waals surface area contributed by atoms with Crippen molar-refractivity contribution in [3.05, 3.63) is 16.0 Å². The Kier molecular flexibility index (Phi) is 4.39. The Bertz CT molecular complexity index is 572. The number of carbonyl (C=O) groups excluding carboxylic acids is 2. The second-order valence-corrected chi connectivity index (χ2v) is 7.50.